The lowest BCUT2D eigenvalue weighted by molar-refractivity contribution is -0.526. The monoisotopic (exact) mass is 334 g/mol. The van der Waals surface area contributed by atoms with Gasteiger partial charge in [0.15, 0.2) is 5.78 Å². The van der Waals surface area contributed by atoms with Gasteiger partial charge in [-0.2, -0.15) is 0 Å². The number of benzene rings is 2. The van der Waals surface area contributed by atoms with Crippen LogP contribution in [0, 0.1) is 17.0 Å². The Hall–Kier alpha value is -2.95. The van der Waals surface area contributed by atoms with Crippen LogP contribution >= 0.6 is 0 Å². The van der Waals surface area contributed by atoms with E-state index in [2.05, 4.69) is 4.98 Å². The second-order valence-corrected chi connectivity index (χ2v) is 6.65. The van der Waals surface area contributed by atoms with Crippen LogP contribution in [0.15, 0.2) is 48.5 Å². The zero-order chi connectivity index (χ0) is 17.6. The Morgan fingerprint density at radius 3 is 2.68 bits per heavy atom. The summed E-state index contributed by atoms with van der Waals surface area (Å²) in [6, 6.07) is 14.0. The normalized spacial score (nSPS) is 19.1. The number of aromatic amines is 1. The zero-order valence-corrected chi connectivity index (χ0v) is 13.9. The molecule has 0 bridgehead atoms. The number of nitro groups is 1. The van der Waals surface area contributed by atoms with Crippen molar-refractivity contribution in [2.75, 3.05) is 0 Å². The molecule has 1 aromatic heterocycles. The first-order valence-electron chi connectivity index (χ1n) is 8.38. The van der Waals surface area contributed by atoms with Gasteiger partial charge in [0.2, 0.25) is 6.04 Å². The van der Waals surface area contributed by atoms with Crippen molar-refractivity contribution in [3.05, 3.63) is 81.0 Å². The molecule has 0 radical (unpaired) electrons. The molecule has 0 unspecified atom stereocenters. The standard InChI is InChI=1S/C20H18N2O3/c1-12-15-10-18(22(24)25)16(11-19(23)13-6-3-2-4-7-13)14-8-5-9-17(21-12)20(14)15/h2-9,16,18,21H,10-11H2,1H3/t16-,18-/m1/s1. The number of rotatable bonds is 4. The first-order chi connectivity index (χ1) is 12.1. The molecule has 1 heterocycles. The van der Waals surface area contributed by atoms with Gasteiger partial charge >= 0.3 is 0 Å². The van der Waals surface area contributed by atoms with E-state index < -0.39 is 12.0 Å². The smallest absolute Gasteiger partial charge is 0.224 e. The number of aromatic nitrogens is 1. The van der Waals surface area contributed by atoms with Gasteiger partial charge in [-0.25, -0.2) is 0 Å². The van der Waals surface area contributed by atoms with Gasteiger partial charge in [0, 0.05) is 39.9 Å². The summed E-state index contributed by atoms with van der Waals surface area (Å²) in [4.78, 5) is 27.5. The molecule has 0 aliphatic heterocycles. The van der Waals surface area contributed by atoms with E-state index >= 15 is 0 Å². The quantitative estimate of drug-likeness (QED) is 0.444. The van der Waals surface area contributed by atoms with Crippen molar-refractivity contribution in [1.82, 2.24) is 4.98 Å². The number of aryl methyl sites for hydroxylation is 1. The first-order valence-corrected chi connectivity index (χ1v) is 8.38. The van der Waals surface area contributed by atoms with Crippen LogP contribution < -0.4 is 0 Å². The van der Waals surface area contributed by atoms with Crippen LogP contribution in [0.2, 0.25) is 0 Å². The molecule has 1 aliphatic carbocycles. The second kappa shape index (κ2) is 5.84. The van der Waals surface area contributed by atoms with Crippen molar-refractivity contribution < 1.29 is 9.72 Å². The van der Waals surface area contributed by atoms with Crippen molar-refractivity contribution in [2.45, 2.75) is 31.7 Å². The molecule has 4 rings (SSSR count). The average Bonchev–Trinajstić information content (AvgIpc) is 2.94. The Bertz CT molecular complexity index is 975. The lowest BCUT2D eigenvalue weighted by Crippen LogP contribution is -2.34. The van der Waals surface area contributed by atoms with E-state index in [1.807, 2.05) is 43.3 Å². The van der Waals surface area contributed by atoms with Crippen LogP contribution in [-0.4, -0.2) is 21.7 Å². The minimum absolute atomic E-state index is 0.0508. The van der Waals surface area contributed by atoms with Crippen molar-refractivity contribution in [3.63, 3.8) is 0 Å². The topological polar surface area (TPSA) is 76.0 Å². The summed E-state index contributed by atoms with van der Waals surface area (Å²) >= 11 is 0. The highest BCUT2D eigenvalue weighted by Gasteiger charge is 2.40. The zero-order valence-electron chi connectivity index (χ0n) is 13.9. The summed E-state index contributed by atoms with van der Waals surface area (Å²) in [5.41, 5.74) is 4.49. The number of carbonyl (C=O) groups is 1. The summed E-state index contributed by atoms with van der Waals surface area (Å²) in [7, 11) is 0. The van der Waals surface area contributed by atoms with Gasteiger partial charge in [0.25, 0.3) is 0 Å². The third kappa shape index (κ3) is 2.52. The molecule has 2 aromatic carbocycles. The number of hydrogen-bond acceptors (Lipinski definition) is 3. The van der Waals surface area contributed by atoms with Crippen molar-refractivity contribution >= 4 is 16.7 Å². The maximum Gasteiger partial charge on any atom is 0.224 e. The molecule has 1 aliphatic rings. The molecule has 0 amide bonds. The Kier molecular flexibility index (Phi) is 3.64. The summed E-state index contributed by atoms with van der Waals surface area (Å²) in [6.07, 6.45) is 0.515. The number of nitrogens with one attached hydrogen (secondary N) is 1. The molecule has 0 spiro atoms. The van der Waals surface area contributed by atoms with E-state index in [0.29, 0.717) is 12.0 Å². The predicted octanol–water partition coefficient (Wildman–Crippen LogP) is 4.03. The fraction of sp³-hybridized carbons (Fsp3) is 0.250. The molecule has 0 saturated carbocycles. The summed E-state index contributed by atoms with van der Waals surface area (Å²) in [5, 5.41) is 12.8. The number of carbonyl (C=O) groups excluding carboxylic acids is 1. The fourth-order valence-corrected chi connectivity index (χ4v) is 4.01. The largest absolute Gasteiger partial charge is 0.358 e. The van der Waals surface area contributed by atoms with Crippen LogP contribution in [0.3, 0.4) is 0 Å². The Morgan fingerprint density at radius 1 is 1.20 bits per heavy atom. The van der Waals surface area contributed by atoms with Gasteiger partial charge in [-0.3, -0.25) is 14.9 Å². The van der Waals surface area contributed by atoms with E-state index in [9.17, 15) is 14.9 Å². The summed E-state index contributed by atoms with van der Waals surface area (Å²) in [5.74, 6) is -0.459. The van der Waals surface area contributed by atoms with Crippen LogP contribution in [0.25, 0.3) is 10.9 Å². The molecule has 1 N–H and O–H groups in total. The van der Waals surface area contributed by atoms with Crippen LogP contribution in [-0.2, 0) is 6.42 Å². The molecule has 0 saturated heterocycles. The molecule has 126 valence electrons. The third-order valence-electron chi connectivity index (χ3n) is 5.22. The van der Waals surface area contributed by atoms with Gasteiger partial charge in [0.05, 0.1) is 5.92 Å². The molecule has 0 fully saturated rings. The van der Waals surface area contributed by atoms with Gasteiger partial charge in [-0.05, 0) is 24.1 Å². The van der Waals surface area contributed by atoms with Crippen LogP contribution in [0.1, 0.15) is 39.5 Å². The Morgan fingerprint density at radius 2 is 1.96 bits per heavy atom. The maximum absolute atomic E-state index is 12.7. The Labute approximate surface area is 144 Å². The predicted molar refractivity (Wildman–Crippen MR) is 95.7 cm³/mol. The third-order valence-corrected chi connectivity index (χ3v) is 5.22. The van der Waals surface area contributed by atoms with E-state index in [1.54, 1.807) is 12.1 Å². The number of H-pyrrole nitrogens is 1. The van der Waals surface area contributed by atoms with Gasteiger partial charge in [0.1, 0.15) is 0 Å². The summed E-state index contributed by atoms with van der Waals surface area (Å²) in [6.45, 7) is 1.95. The lowest BCUT2D eigenvalue weighted by atomic mass is 9.77. The maximum atomic E-state index is 12.7. The Balaban J connectivity index is 1.80. The lowest BCUT2D eigenvalue weighted by Gasteiger charge is -2.26. The minimum Gasteiger partial charge on any atom is -0.358 e. The van der Waals surface area contributed by atoms with Crippen molar-refractivity contribution in [1.29, 1.82) is 0 Å². The van der Waals surface area contributed by atoms with Crippen LogP contribution in [0.5, 0.6) is 0 Å². The fourth-order valence-electron chi connectivity index (χ4n) is 4.01. The molecule has 25 heavy (non-hydrogen) atoms. The second-order valence-electron chi connectivity index (χ2n) is 6.65. The molecular formula is C20H18N2O3. The van der Waals surface area contributed by atoms with E-state index in [-0.39, 0.29) is 17.1 Å². The molecular weight excluding hydrogens is 316 g/mol. The van der Waals surface area contributed by atoms with Gasteiger partial charge in [-0.15, -0.1) is 0 Å². The molecule has 5 nitrogen and oxygen atoms in total. The highest BCUT2D eigenvalue weighted by Crippen LogP contribution is 2.41. The van der Waals surface area contributed by atoms with E-state index in [0.717, 1.165) is 27.7 Å². The van der Waals surface area contributed by atoms with Crippen molar-refractivity contribution in [2.24, 2.45) is 0 Å². The number of hydrogen-bond donors (Lipinski definition) is 1. The van der Waals surface area contributed by atoms with Crippen molar-refractivity contribution in [3.8, 4) is 0 Å². The van der Waals surface area contributed by atoms with Gasteiger partial charge in [-0.1, -0.05) is 42.5 Å². The minimum atomic E-state index is -0.778. The van der Waals surface area contributed by atoms with Gasteiger partial charge < -0.3 is 4.98 Å². The van der Waals surface area contributed by atoms with E-state index in [4.69, 9.17) is 0 Å². The molecule has 5 heteroatoms. The summed E-state index contributed by atoms with van der Waals surface area (Å²) < 4.78 is 0. The first kappa shape index (κ1) is 15.6. The van der Waals surface area contributed by atoms with E-state index in [1.165, 1.54) is 0 Å². The molecule has 2 atom stereocenters. The highest BCUT2D eigenvalue weighted by atomic mass is 16.6. The average molecular weight is 334 g/mol. The number of ketones is 1. The SMILES string of the molecule is Cc1[nH]c2cccc3c2c1C[C@@H]([N+](=O)[O-])[C@@H]3CC(=O)c1ccccc1. The number of Topliss-reactive ketones (excluding diaryl/α,β-unsaturated/α-hetero) is 1. The highest BCUT2D eigenvalue weighted by molar-refractivity contribution is 5.97. The molecule has 3 aromatic rings. The number of nitrogens with zero attached hydrogens (tertiary/aromatic N) is 1. The van der Waals surface area contributed by atoms with Crippen LogP contribution in [0.4, 0.5) is 0 Å².